The molecule has 0 spiro atoms. The third-order valence-electron chi connectivity index (χ3n) is 3.29. The Kier molecular flexibility index (Phi) is 6.65. The Morgan fingerprint density at radius 1 is 1.26 bits per heavy atom. The second kappa shape index (κ2) is 8.72. The van der Waals surface area contributed by atoms with Crippen LogP contribution in [0.5, 0.6) is 0 Å². The van der Waals surface area contributed by atoms with E-state index in [-0.39, 0.29) is 5.97 Å². The van der Waals surface area contributed by atoms with Gasteiger partial charge in [-0.1, -0.05) is 37.7 Å². The number of ether oxygens (including phenoxy) is 1. The summed E-state index contributed by atoms with van der Waals surface area (Å²) in [7, 11) is 0. The summed E-state index contributed by atoms with van der Waals surface area (Å²) >= 11 is 1.46. The molecule has 0 radical (unpaired) electrons. The highest BCUT2D eigenvalue weighted by Crippen LogP contribution is 2.25. The van der Waals surface area contributed by atoms with Gasteiger partial charge in [0, 0.05) is 17.7 Å². The second-order valence-corrected chi connectivity index (χ2v) is 6.45. The van der Waals surface area contributed by atoms with Gasteiger partial charge in [0.05, 0.1) is 6.61 Å². The smallest absolute Gasteiger partial charge is 0.305 e. The standard InChI is InChI=1S/C17H22N2O3S/c1-4-21-15(20)6-5-11-23-17-19-18-16(22-17)14-9-7-13(8-10-14)12(2)3/h7-10,12H,4-6,11H2,1-3H3. The zero-order valence-corrected chi connectivity index (χ0v) is 14.6. The molecule has 0 aliphatic heterocycles. The third-order valence-corrected chi connectivity index (χ3v) is 4.19. The Labute approximate surface area is 140 Å². The van der Waals surface area contributed by atoms with E-state index < -0.39 is 0 Å². The Bertz CT molecular complexity index is 623. The van der Waals surface area contributed by atoms with Gasteiger partial charge in [-0.3, -0.25) is 4.79 Å². The third kappa shape index (κ3) is 5.39. The second-order valence-electron chi connectivity index (χ2n) is 5.41. The Balaban J connectivity index is 1.84. The van der Waals surface area contributed by atoms with Gasteiger partial charge in [0.2, 0.25) is 5.89 Å². The lowest BCUT2D eigenvalue weighted by Gasteiger charge is -2.04. The summed E-state index contributed by atoms with van der Waals surface area (Å²) in [6.07, 6.45) is 1.14. The molecule has 6 heteroatoms. The lowest BCUT2D eigenvalue weighted by atomic mass is 10.0. The topological polar surface area (TPSA) is 65.2 Å². The number of nitrogens with zero attached hydrogens (tertiary/aromatic N) is 2. The van der Waals surface area contributed by atoms with Gasteiger partial charge in [0.1, 0.15) is 0 Å². The summed E-state index contributed by atoms with van der Waals surface area (Å²) in [5.74, 6) is 1.60. The van der Waals surface area contributed by atoms with E-state index in [2.05, 4.69) is 36.2 Å². The van der Waals surface area contributed by atoms with Gasteiger partial charge in [-0.2, -0.15) is 0 Å². The molecular weight excluding hydrogens is 312 g/mol. The van der Waals surface area contributed by atoms with Crippen LogP contribution >= 0.6 is 11.8 Å². The van der Waals surface area contributed by atoms with E-state index in [1.807, 2.05) is 12.1 Å². The maximum Gasteiger partial charge on any atom is 0.305 e. The van der Waals surface area contributed by atoms with E-state index in [4.69, 9.17) is 9.15 Å². The van der Waals surface area contributed by atoms with E-state index in [0.29, 0.717) is 30.1 Å². The van der Waals surface area contributed by atoms with Gasteiger partial charge < -0.3 is 9.15 Å². The first-order valence-electron chi connectivity index (χ1n) is 7.82. The number of thioether (sulfide) groups is 1. The number of hydrogen-bond donors (Lipinski definition) is 0. The molecule has 1 aromatic carbocycles. The van der Waals surface area contributed by atoms with Crippen LogP contribution in [-0.2, 0) is 9.53 Å². The normalized spacial score (nSPS) is 11.0. The largest absolute Gasteiger partial charge is 0.466 e. The zero-order chi connectivity index (χ0) is 16.7. The van der Waals surface area contributed by atoms with Crippen LogP contribution in [0.2, 0.25) is 0 Å². The fourth-order valence-electron chi connectivity index (χ4n) is 2.00. The maximum atomic E-state index is 11.2. The van der Waals surface area contributed by atoms with Crippen molar-refractivity contribution in [2.75, 3.05) is 12.4 Å². The molecule has 0 aliphatic rings. The van der Waals surface area contributed by atoms with Crippen molar-refractivity contribution in [1.82, 2.24) is 10.2 Å². The van der Waals surface area contributed by atoms with Crippen molar-refractivity contribution in [2.45, 2.75) is 44.8 Å². The molecule has 0 atom stereocenters. The fraction of sp³-hybridized carbons (Fsp3) is 0.471. The molecule has 1 heterocycles. The molecule has 0 bridgehead atoms. The van der Waals surface area contributed by atoms with E-state index in [1.165, 1.54) is 17.3 Å². The Morgan fingerprint density at radius 3 is 2.65 bits per heavy atom. The van der Waals surface area contributed by atoms with Crippen molar-refractivity contribution in [1.29, 1.82) is 0 Å². The number of hydrogen-bond acceptors (Lipinski definition) is 6. The highest BCUT2D eigenvalue weighted by Gasteiger charge is 2.10. The van der Waals surface area contributed by atoms with Crippen LogP contribution in [0.25, 0.3) is 11.5 Å². The molecule has 0 aliphatic carbocycles. The number of benzene rings is 1. The van der Waals surface area contributed by atoms with Gasteiger partial charge in [0.25, 0.3) is 5.22 Å². The van der Waals surface area contributed by atoms with E-state index in [1.54, 1.807) is 6.92 Å². The minimum absolute atomic E-state index is 0.162. The molecule has 0 saturated heterocycles. The predicted octanol–water partition coefficient (Wildman–Crippen LogP) is 4.30. The first kappa shape index (κ1) is 17.5. The van der Waals surface area contributed by atoms with Crippen molar-refractivity contribution in [2.24, 2.45) is 0 Å². The highest BCUT2D eigenvalue weighted by molar-refractivity contribution is 7.99. The number of aromatic nitrogens is 2. The summed E-state index contributed by atoms with van der Waals surface area (Å²) < 4.78 is 10.5. The van der Waals surface area contributed by atoms with Gasteiger partial charge in [-0.25, -0.2) is 0 Å². The molecule has 0 fully saturated rings. The Morgan fingerprint density at radius 2 is 2.00 bits per heavy atom. The molecular formula is C17H22N2O3S. The maximum absolute atomic E-state index is 11.2. The summed E-state index contributed by atoms with van der Waals surface area (Å²) in [6.45, 7) is 6.55. The number of rotatable bonds is 8. The monoisotopic (exact) mass is 334 g/mol. The van der Waals surface area contributed by atoms with Gasteiger partial charge in [-0.05, 0) is 37.0 Å². The molecule has 23 heavy (non-hydrogen) atoms. The number of carbonyl (C=O) groups is 1. The van der Waals surface area contributed by atoms with Crippen LogP contribution < -0.4 is 0 Å². The van der Waals surface area contributed by atoms with Crippen molar-refractivity contribution < 1.29 is 13.9 Å². The van der Waals surface area contributed by atoms with E-state index in [0.717, 1.165) is 17.7 Å². The van der Waals surface area contributed by atoms with Crippen LogP contribution in [0.4, 0.5) is 0 Å². The van der Waals surface area contributed by atoms with Crippen molar-refractivity contribution in [3.63, 3.8) is 0 Å². The zero-order valence-electron chi connectivity index (χ0n) is 13.7. The van der Waals surface area contributed by atoms with Crippen LogP contribution in [0.3, 0.4) is 0 Å². The molecule has 0 unspecified atom stereocenters. The quantitative estimate of drug-likeness (QED) is 0.407. The first-order valence-corrected chi connectivity index (χ1v) is 8.81. The molecule has 2 aromatic rings. The van der Waals surface area contributed by atoms with Crippen molar-refractivity contribution in [3.8, 4) is 11.5 Å². The minimum atomic E-state index is -0.162. The number of esters is 1. The summed E-state index contributed by atoms with van der Waals surface area (Å²) in [5.41, 5.74) is 2.20. The van der Waals surface area contributed by atoms with E-state index in [9.17, 15) is 4.79 Å². The van der Waals surface area contributed by atoms with Crippen LogP contribution in [0.1, 0.15) is 45.1 Å². The van der Waals surface area contributed by atoms with Gasteiger partial charge >= 0.3 is 5.97 Å². The molecule has 124 valence electrons. The fourth-order valence-corrected chi connectivity index (χ4v) is 2.70. The molecule has 0 amide bonds. The summed E-state index contributed by atoms with van der Waals surface area (Å²) in [6, 6.07) is 8.16. The lowest BCUT2D eigenvalue weighted by molar-refractivity contribution is -0.143. The van der Waals surface area contributed by atoms with Crippen LogP contribution in [0.15, 0.2) is 33.9 Å². The highest BCUT2D eigenvalue weighted by atomic mass is 32.2. The first-order chi connectivity index (χ1) is 11.1. The van der Waals surface area contributed by atoms with Crippen LogP contribution in [-0.4, -0.2) is 28.5 Å². The summed E-state index contributed by atoms with van der Waals surface area (Å²) in [4.78, 5) is 11.2. The average molecular weight is 334 g/mol. The Hall–Kier alpha value is -1.82. The average Bonchev–Trinajstić information content (AvgIpc) is 3.01. The molecule has 1 aromatic heterocycles. The van der Waals surface area contributed by atoms with E-state index >= 15 is 0 Å². The summed E-state index contributed by atoms with van der Waals surface area (Å²) in [5, 5.41) is 8.63. The van der Waals surface area contributed by atoms with Crippen molar-refractivity contribution in [3.05, 3.63) is 29.8 Å². The predicted molar refractivity (Wildman–Crippen MR) is 90.4 cm³/mol. The lowest BCUT2D eigenvalue weighted by Crippen LogP contribution is -2.03. The minimum Gasteiger partial charge on any atom is -0.466 e. The van der Waals surface area contributed by atoms with Gasteiger partial charge in [-0.15, -0.1) is 10.2 Å². The molecule has 2 rings (SSSR count). The number of carbonyl (C=O) groups excluding carboxylic acids is 1. The SMILES string of the molecule is CCOC(=O)CCCSc1nnc(-c2ccc(C(C)C)cc2)o1. The molecule has 0 N–H and O–H groups in total. The van der Waals surface area contributed by atoms with Gasteiger partial charge in [0.15, 0.2) is 0 Å². The molecule has 0 saturated carbocycles. The molecule has 5 nitrogen and oxygen atoms in total. The van der Waals surface area contributed by atoms with Crippen molar-refractivity contribution >= 4 is 17.7 Å². The van der Waals surface area contributed by atoms with Crippen LogP contribution in [0, 0.1) is 0 Å².